The average Bonchev–Trinajstić information content (AvgIpc) is 3.54. The fourth-order valence-corrected chi connectivity index (χ4v) is 9.93. The Labute approximate surface area is 207 Å². The van der Waals surface area contributed by atoms with Crippen molar-refractivity contribution in [3.05, 3.63) is 73.7 Å². The first-order chi connectivity index (χ1) is 16.4. The summed E-state index contributed by atoms with van der Waals surface area (Å²) in [6.45, 7) is 0. The van der Waals surface area contributed by atoms with Crippen molar-refractivity contribution in [3.8, 4) is 5.75 Å². The molecule has 1 saturated heterocycles. The molecule has 2 aromatic carbocycles. The number of aromatic nitrogens is 1. The first kappa shape index (κ1) is 20.8. The molecule has 34 heavy (non-hydrogen) atoms. The molecule has 7 rings (SSSR count). The van der Waals surface area contributed by atoms with Gasteiger partial charge in [-0.3, -0.25) is 19.3 Å². The number of fused-ring (bicyclic) bond motifs is 9. The number of carbonyl (C=O) groups excluding carboxylic acids is 2. The maximum Gasteiger partial charge on any atom is 0.305 e. The number of thioether (sulfide) groups is 1. The molecule has 2 N–H and O–H groups in total. The minimum Gasteiger partial charge on any atom is -0.508 e. The standard InChI is InChI=1S/C25H19ClN2O4S2/c26-11-3-5-12(6-4-11)28-23(30)18-14-9-15(19(18)24(28)31)20-17(14)16(10-1-7-13(29)8-2-10)21-22(33-20)27-25(32)34-21/h1-8,14-20,29H,9H2,(H,27,32)/t14-,15-,16?,17?,18?,19?,20?/m1/s1. The molecule has 3 fully saturated rings. The second kappa shape index (κ2) is 7.23. The number of carbonyl (C=O) groups is 2. The van der Waals surface area contributed by atoms with Gasteiger partial charge in [0, 0.05) is 21.1 Å². The Morgan fingerprint density at radius 3 is 2.32 bits per heavy atom. The largest absolute Gasteiger partial charge is 0.508 e. The van der Waals surface area contributed by atoms with E-state index in [1.807, 2.05) is 12.1 Å². The van der Waals surface area contributed by atoms with Gasteiger partial charge in [0.05, 0.1) is 22.5 Å². The first-order valence-electron chi connectivity index (χ1n) is 11.2. The number of aromatic amines is 1. The Hall–Kier alpha value is -2.55. The molecule has 1 aromatic heterocycles. The Kier molecular flexibility index (Phi) is 4.42. The van der Waals surface area contributed by atoms with Crippen molar-refractivity contribution >= 4 is 52.2 Å². The Balaban J connectivity index is 1.32. The Morgan fingerprint density at radius 2 is 1.62 bits per heavy atom. The molecule has 9 heteroatoms. The summed E-state index contributed by atoms with van der Waals surface area (Å²) >= 11 is 8.92. The predicted molar refractivity (Wildman–Crippen MR) is 131 cm³/mol. The van der Waals surface area contributed by atoms with Crippen molar-refractivity contribution in [2.45, 2.75) is 22.6 Å². The number of nitrogens with one attached hydrogen (secondary N) is 1. The fraction of sp³-hybridized carbons (Fsp3) is 0.320. The van der Waals surface area contributed by atoms with Crippen LogP contribution in [-0.4, -0.2) is 27.2 Å². The molecule has 172 valence electrons. The van der Waals surface area contributed by atoms with Crippen molar-refractivity contribution in [1.29, 1.82) is 0 Å². The number of nitrogens with zero attached hydrogens (tertiary/aromatic N) is 1. The summed E-state index contributed by atoms with van der Waals surface area (Å²) in [4.78, 5) is 44.8. The van der Waals surface area contributed by atoms with Crippen LogP contribution >= 0.6 is 34.7 Å². The highest BCUT2D eigenvalue weighted by molar-refractivity contribution is 8.00. The van der Waals surface area contributed by atoms with E-state index in [0.29, 0.717) is 10.7 Å². The second-order valence-electron chi connectivity index (χ2n) is 9.54. The van der Waals surface area contributed by atoms with Gasteiger partial charge in [-0.05, 0) is 66.1 Å². The van der Waals surface area contributed by atoms with Gasteiger partial charge in [-0.15, -0.1) is 11.8 Å². The minimum atomic E-state index is -0.341. The van der Waals surface area contributed by atoms with E-state index in [-0.39, 0.29) is 63.2 Å². The molecule has 2 bridgehead atoms. The summed E-state index contributed by atoms with van der Waals surface area (Å²) in [7, 11) is 0. The van der Waals surface area contributed by atoms with E-state index < -0.39 is 0 Å². The second-order valence-corrected chi connectivity index (χ2v) is 12.2. The Morgan fingerprint density at radius 1 is 0.941 bits per heavy atom. The van der Waals surface area contributed by atoms with Gasteiger partial charge in [0.2, 0.25) is 11.8 Å². The number of thiazole rings is 1. The van der Waals surface area contributed by atoms with Crippen LogP contribution in [0, 0.1) is 29.6 Å². The van der Waals surface area contributed by atoms with Gasteiger partial charge in [0.1, 0.15) is 5.75 Å². The van der Waals surface area contributed by atoms with Crippen LogP contribution in [0.25, 0.3) is 0 Å². The first-order valence-corrected chi connectivity index (χ1v) is 13.3. The molecule has 0 spiro atoms. The summed E-state index contributed by atoms with van der Waals surface area (Å²) in [5, 5.41) is 11.4. The third kappa shape index (κ3) is 2.73. The van der Waals surface area contributed by atoms with E-state index in [1.54, 1.807) is 48.2 Å². The van der Waals surface area contributed by atoms with Crippen molar-refractivity contribution in [1.82, 2.24) is 4.98 Å². The lowest BCUT2D eigenvalue weighted by molar-refractivity contribution is -0.123. The lowest BCUT2D eigenvalue weighted by Gasteiger charge is -2.43. The zero-order valence-corrected chi connectivity index (χ0v) is 20.1. The molecule has 2 aliphatic carbocycles. The molecular formula is C25H19ClN2O4S2. The number of phenolic OH excluding ortho intramolecular Hbond substituents is 1. The molecule has 5 unspecified atom stereocenters. The van der Waals surface area contributed by atoms with Crippen LogP contribution in [0.15, 0.2) is 58.4 Å². The minimum absolute atomic E-state index is 0.0470. The number of halogens is 1. The van der Waals surface area contributed by atoms with Crippen LogP contribution in [0.2, 0.25) is 5.02 Å². The summed E-state index contributed by atoms with van der Waals surface area (Å²) in [6.07, 6.45) is 0.845. The molecule has 3 aromatic rings. The third-order valence-corrected chi connectivity index (χ3v) is 10.9. The van der Waals surface area contributed by atoms with Gasteiger partial charge in [0.25, 0.3) is 0 Å². The van der Waals surface area contributed by atoms with Crippen LogP contribution in [0.4, 0.5) is 5.69 Å². The van der Waals surface area contributed by atoms with Gasteiger partial charge < -0.3 is 10.1 Å². The van der Waals surface area contributed by atoms with Crippen molar-refractivity contribution in [2.24, 2.45) is 29.6 Å². The van der Waals surface area contributed by atoms with Crippen molar-refractivity contribution in [2.75, 3.05) is 4.90 Å². The molecule has 0 radical (unpaired) electrons. The summed E-state index contributed by atoms with van der Waals surface area (Å²) in [5.74, 6) is -0.478. The zero-order valence-electron chi connectivity index (χ0n) is 17.7. The lowest BCUT2D eigenvalue weighted by atomic mass is 9.68. The zero-order chi connectivity index (χ0) is 23.3. The predicted octanol–water partition coefficient (Wildman–Crippen LogP) is 4.47. The highest BCUT2D eigenvalue weighted by Crippen LogP contribution is 2.68. The summed E-state index contributed by atoms with van der Waals surface area (Å²) < 4.78 is 0. The molecular weight excluding hydrogens is 492 g/mol. The quantitative estimate of drug-likeness (QED) is 0.496. The number of aromatic hydroxyl groups is 1. The highest BCUT2D eigenvalue weighted by atomic mass is 35.5. The maximum absolute atomic E-state index is 13.7. The van der Waals surface area contributed by atoms with Crippen molar-refractivity contribution < 1.29 is 14.7 Å². The molecule has 6 nitrogen and oxygen atoms in total. The smallest absolute Gasteiger partial charge is 0.305 e. The maximum atomic E-state index is 13.7. The number of hydrogen-bond donors (Lipinski definition) is 2. The van der Waals surface area contributed by atoms with Crippen LogP contribution in [0.1, 0.15) is 22.8 Å². The molecule has 2 saturated carbocycles. The van der Waals surface area contributed by atoms with Crippen molar-refractivity contribution in [3.63, 3.8) is 0 Å². The number of benzene rings is 2. The number of rotatable bonds is 2. The fourth-order valence-electron chi connectivity index (χ4n) is 6.92. The number of imide groups is 1. The van der Waals surface area contributed by atoms with Crippen LogP contribution < -0.4 is 9.77 Å². The number of H-pyrrole nitrogens is 1. The van der Waals surface area contributed by atoms with E-state index in [2.05, 4.69) is 4.98 Å². The summed E-state index contributed by atoms with van der Waals surface area (Å²) in [5.41, 5.74) is 1.60. The molecule has 4 aliphatic rings. The number of amides is 2. The topological polar surface area (TPSA) is 90.5 Å². The average molecular weight is 511 g/mol. The highest BCUT2D eigenvalue weighted by Gasteiger charge is 2.69. The third-order valence-electron chi connectivity index (χ3n) is 8.06. The number of anilines is 1. The molecule has 2 amide bonds. The lowest BCUT2D eigenvalue weighted by Crippen LogP contribution is -2.42. The SMILES string of the molecule is O=C1C2C(C(=O)N1c1ccc(Cl)cc1)[C@@H]1C[C@H]2C2Sc3[nH]c(=O)sc3C(c3ccc(O)cc3)C21. The van der Waals surface area contributed by atoms with E-state index in [1.165, 1.54) is 16.2 Å². The van der Waals surface area contributed by atoms with Gasteiger partial charge >= 0.3 is 4.87 Å². The van der Waals surface area contributed by atoms with Gasteiger partial charge in [-0.25, -0.2) is 0 Å². The molecule has 2 aliphatic heterocycles. The number of phenols is 1. The van der Waals surface area contributed by atoms with Crippen LogP contribution in [0.3, 0.4) is 0 Å². The van der Waals surface area contributed by atoms with Gasteiger partial charge in [-0.1, -0.05) is 35.1 Å². The van der Waals surface area contributed by atoms with E-state index in [4.69, 9.17) is 11.6 Å². The summed E-state index contributed by atoms with van der Waals surface area (Å²) in [6, 6.07) is 14.0. The van der Waals surface area contributed by atoms with E-state index in [0.717, 1.165) is 21.9 Å². The van der Waals surface area contributed by atoms with Crippen LogP contribution in [0.5, 0.6) is 5.75 Å². The molecule has 7 atom stereocenters. The number of hydrogen-bond acceptors (Lipinski definition) is 6. The van der Waals surface area contributed by atoms with Crippen LogP contribution in [-0.2, 0) is 9.59 Å². The van der Waals surface area contributed by atoms with Gasteiger partial charge in [-0.2, -0.15) is 0 Å². The normalized spacial score (nSPS) is 33.2. The van der Waals surface area contributed by atoms with E-state index in [9.17, 15) is 19.5 Å². The van der Waals surface area contributed by atoms with E-state index >= 15 is 0 Å². The molecule has 3 heterocycles. The Bertz CT molecular complexity index is 1400. The monoisotopic (exact) mass is 510 g/mol. The van der Waals surface area contributed by atoms with Gasteiger partial charge in [0.15, 0.2) is 0 Å².